The van der Waals surface area contributed by atoms with E-state index in [4.69, 9.17) is 14.3 Å². The van der Waals surface area contributed by atoms with Crippen molar-refractivity contribution in [2.45, 2.75) is 0 Å². The summed E-state index contributed by atoms with van der Waals surface area (Å²) in [6, 6.07) is 8.42. The maximum atomic E-state index is 12.4. The van der Waals surface area contributed by atoms with E-state index in [2.05, 4.69) is 0 Å². The molecule has 0 aliphatic carbocycles. The molecule has 0 spiro atoms. The highest BCUT2D eigenvalue weighted by atomic mass is 32.1. The molecule has 6 heteroatoms. The fraction of sp³-hybridized carbons (Fsp3) is 0.0667. The second kappa shape index (κ2) is 5.41. The van der Waals surface area contributed by atoms with Crippen LogP contribution in [0.1, 0.15) is 15.2 Å². The minimum Gasteiger partial charge on any atom is -0.482 e. The molecule has 106 valence electrons. The quantitative estimate of drug-likeness (QED) is 0.732. The molecule has 5 nitrogen and oxygen atoms in total. The van der Waals surface area contributed by atoms with E-state index < -0.39 is 12.6 Å². The largest absolute Gasteiger partial charge is 0.482 e. The smallest absolute Gasteiger partial charge is 0.341 e. The Morgan fingerprint density at radius 3 is 2.86 bits per heavy atom. The van der Waals surface area contributed by atoms with Gasteiger partial charge in [-0.05, 0) is 29.6 Å². The molecule has 3 rings (SSSR count). The first-order valence-corrected chi connectivity index (χ1v) is 6.97. The molecule has 0 fully saturated rings. The van der Waals surface area contributed by atoms with Crippen LogP contribution in [0.5, 0.6) is 5.75 Å². The zero-order chi connectivity index (χ0) is 14.8. The molecule has 0 aliphatic rings. The molecule has 3 aromatic rings. The van der Waals surface area contributed by atoms with Gasteiger partial charge in [0.05, 0.1) is 10.4 Å². The number of rotatable bonds is 5. The van der Waals surface area contributed by atoms with Crippen LogP contribution in [0.25, 0.3) is 11.0 Å². The summed E-state index contributed by atoms with van der Waals surface area (Å²) in [5.74, 6) is -0.803. The van der Waals surface area contributed by atoms with Crippen LogP contribution in [-0.4, -0.2) is 23.5 Å². The molecule has 1 N–H and O–H groups in total. The van der Waals surface area contributed by atoms with E-state index in [1.165, 1.54) is 17.6 Å². The molecule has 0 radical (unpaired) electrons. The zero-order valence-corrected chi connectivity index (χ0v) is 11.6. The Morgan fingerprint density at radius 2 is 2.14 bits per heavy atom. The number of aliphatic carboxylic acids is 1. The van der Waals surface area contributed by atoms with E-state index in [1.807, 2.05) is 11.4 Å². The van der Waals surface area contributed by atoms with Crippen molar-refractivity contribution >= 4 is 34.1 Å². The van der Waals surface area contributed by atoms with Gasteiger partial charge in [0.1, 0.15) is 17.6 Å². The number of carboxylic acid groups (broad SMARTS) is 1. The van der Waals surface area contributed by atoms with Crippen molar-refractivity contribution in [2.75, 3.05) is 6.61 Å². The van der Waals surface area contributed by atoms with E-state index in [0.717, 1.165) is 0 Å². The third kappa shape index (κ3) is 2.66. The molecule has 2 heterocycles. The number of ketones is 1. The topological polar surface area (TPSA) is 76.7 Å². The molecule has 1 aromatic carbocycles. The number of benzene rings is 1. The van der Waals surface area contributed by atoms with Crippen molar-refractivity contribution in [3.05, 3.63) is 52.4 Å². The summed E-state index contributed by atoms with van der Waals surface area (Å²) in [5.41, 5.74) is 0.991. The Kier molecular flexibility index (Phi) is 3.45. The first-order valence-electron chi connectivity index (χ1n) is 6.09. The van der Waals surface area contributed by atoms with Crippen LogP contribution in [0.2, 0.25) is 0 Å². The first kappa shape index (κ1) is 13.4. The average molecular weight is 302 g/mol. The fourth-order valence-electron chi connectivity index (χ4n) is 1.96. The lowest BCUT2D eigenvalue weighted by atomic mass is 10.1. The van der Waals surface area contributed by atoms with Crippen molar-refractivity contribution in [3.8, 4) is 5.75 Å². The molecule has 21 heavy (non-hydrogen) atoms. The fourth-order valence-corrected chi connectivity index (χ4v) is 2.64. The van der Waals surface area contributed by atoms with Gasteiger partial charge in [-0.15, -0.1) is 11.3 Å². The number of carbonyl (C=O) groups is 2. The molecular formula is C15H10O5S. The molecular weight excluding hydrogens is 292 g/mol. The van der Waals surface area contributed by atoms with Crippen molar-refractivity contribution in [1.82, 2.24) is 0 Å². The van der Waals surface area contributed by atoms with E-state index in [0.29, 0.717) is 27.2 Å². The Bertz CT molecular complexity index is 801. The number of thiophene rings is 1. The summed E-state index contributed by atoms with van der Waals surface area (Å²) in [4.78, 5) is 23.5. The SMILES string of the molecule is O=C(O)COc1ccc2occ(C(=O)c3cccs3)c2c1. The third-order valence-electron chi connectivity index (χ3n) is 2.90. The van der Waals surface area contributed by atoms with Crippen LogP contribution < -0.4 is 4.74 Å². The van der Waals surface area contributed by atoms with E-state index in [9.17, 15) is 9.59 Å². The van der Waals surface area contributed by atoms with E-state index >= 15 is 0 Å². The molecule has 0 saturated carbocycles. The van der Waals surface area contributed by atoms with Crippen LogP contribution in [0, 0.1) is 0 Å². The maximum Gasteiger partial charge on any atom is 0.341 e. The number of carboxylic acids is 1. The van der Waals surface area contributed by atoms with Crippen molar-refractivity contribution < 1.29 is 23.8 Å². The summed E-state index contributed by atoms with van der Waals surface area (Å²) in [6.07, 6.45) is 1.41. The van der Waals surface area contributed by atoms with Crippen molar-refractivity contribution in [2.24, 2.45) is 0 Å². The number of carbonyl (C=O) groups excluding carboxylic acids is 1. The number of ether oxygens (including phenoxy) is 1. The highest BCUT2D eigenvalue weighted by Crippen LogP contribution is 2.28. The molecule has 0 atom stereocenters. The van der Waals surface area contributed by atoms with Gasteiger partial charge in [0, 0.05) is 5.39 Å². The average Bonchev–Trinajstić information content (AvgIpc) is 3.13. The lowest BCUT2D eigenvalue weighted by molar-refractivity contribution is -0.139. The zero-order valence-electron chi connectivity index (χ0n) is 10.7. The van der Waals surface area contributed by atoms with Crippen LogP contribution in [-0.2, 0) is 4.79 Å². The third-order valence-corrected chi connectivity index (χ3v) is 3.77. The van der Waals surface area contributed by atoms with Gasteiger partial charge in [-0.25, -0.2) is 4.79 Å². The van der Waals surface area contributed by atoms with Gasteiger partial charge in [-0.1, -0.05) is 6.07 Å². The minimum absolute atomic E-state index is 0.126. The van der Waals surface area contributed by atoms with Gasteiger partial charge in [-0.2, -0.15) is 0 Å². The minimum atomic E-state index is -1.06. The summed E-state index contributed by atoms with van der Waals surface area (Å²) in [6.45, 7) is -0.433. The summed E-state index contributed by atoms with van der Waals surface area (Å²) < 4.78 is 10.5. The van der Waals surface area contributed by atoms with Crippen molar-refractivity contribution in [3.63, 3.8) is 0 Å². The number of fused-ring (bicyclic) bond motifs is 1. The number of hydrogen-bond donors (Lipinski definition) is 1. The standard InChI is InChI=1S/C15H10O5S/c16-14(17)8-19-9-3-4-12-10(6-9)11(7-20-12)15(18)13-2-1-5-21-13/h1-7H,8H2,(H,16,17). The molecule has 0 bridgehead atoms. The molecule has 0 amide bonds. The van der Waals surface area contributed by atoms with Crippen LogP contribution in [0.4, 0.5) is 0 Å². The molecule has 0 saturated heterocycles. The maximum absolute atomic E-state index is 12.4. The Balaban J connectivity index is 1.98. The second-order valence-corrected chi connectivity index (χ2v) is 5.24. The second-order valence-electron chi connectivity index (χ2n) is 4.30. The summed E-state index contributed by atoms with van der Waals surface area (Å²) >= 11 is 1.36. The highest BCUT2D eigenvalue weighted by molar-refractivity contribution is 7.12. The Labute approximate surface area is 123 Å². The Morgan fingerprint density at radius 1 is 1.29 bits per heavy atom. The predicted octanol–water partition coefficient (Wildman–Crippen LogP) is 3.19. The summed E-state index contributed by atoms with van der Waals surface area (Å²) in [7, 11) is 0. The highest BCUT2D eigenvalue weighted by Gasteiger charge is 2.17. The predicted molar refractivity (Wildman–Crippen MR) is 77.1 cm³/mol. The lowest BCUT2D eigenvalue weighted by Gasteiger charge is -2.03. The van der Waals surface area contributed by atoms with E-state index in [-0.39, 0.29) is 5.78 Å². The van der Waals surface area contributed by atoms with Gasteiger partial charge >= 0.3 is 5.97 Å². The molecule has 0 aliphatic heterocycles. The van der Waals surface area contributed by atoms with Crippen LogP contribution in [0.15, 0.2) is 46.4 Å². The monoisotopic (exact) mass is 302 g/mol. The van der Waals surface area contributed by atoms with Gasteiger partial charge in [0.2, 0.25) is 5.78 Å². The number of furan rings is 1. The lowest BCUT2D eigenvalue weighted by Crippen LogP contribution is -2.09. The van der Waals surface area contributed by atoms with Gasteiger partial charge < -0.3 is 14.3 Å². The van der Waals surface area contributed by atoms with Crippen LogP contribution in [0.3, 0.4) is 0 Å². The first-order chi connectivity index (χ1) is 10.1. The molecule has 0 unspecified atom stereocenters. The van der Waals surface area contributed by atoms with Gasteiger partial charge in [-0.3, -0.25) is 4.79 Å². The van der Waals surface area contributed by atoms with Gasteiger partial charge in [0.25, 0.3) is 0 Å². The number of hydrogen-bond acceptors (Lipinski definition) is 5. The Hall–Kier alpha value is -2.60. The van der Waals surface area contributed by atoms with Gasteiger partial charge in [0.15, 0.2) is 6.61 Å². The summed E-state index contributed by atoms with van der Waals surface area (Å²) in [5, 5.41) is 11.1. The van der Waals surface area contributed by atoms with Crippen molar-refractivity contribution in [1.29, 1.82) is 0 Å². The molecule has 2 aromatic heterocycles. The normalized spacial score (nSPS) is 10.7. The van der Waals surface area contributed by atoms with E-state index in [1.54, 1.807) is 24.3 Å². The van der Waals surface area contributed by atoms with Crippen LogP contribution >= 0.6 is 11.3 Å².